The first-order chi connectivity index (χ1) is 11.1. The number of amides is 1. The van der Waals surface area contributed by atoms with E-state index in [1.165, 1.54) is 12.1 Å². The zero-order valence-corrected chi connectivity index (χ0v) is 12.4. The number of nitrogens with zero attached hydrogens (tertiary/aromatic N) is 2. The number of hydrogen-bond donors (Lipinski definition) is 1. The maximum Gasteiger partial charge on any atom is 0.273 e. The molecule has 0 bridgehead atoms. The van der Waals surface area contributed by atoms with E-state index in [0.717, 1.165) is 5.56 Å². The first-order valence-corrected chi connectivity index (χ1v) is 7.07. The van der Waals surface area contributed by atoms with Gasteiger partial charge in [0.2, 0.25) is 0 Å². The molecule has 3 aromatic rings. The van der Waals surface area contributed by atoms with Crippen molar-refractivity contribution in [1.82, 2.24) is 15.5 Å². The molecule has 0 radical (unpaired) electrons. The molecule has 2 aromatic heterocycles. The van der Waals surface area contributed by atoms with Crippen LogP contribution in [-0.4, -0.2) is 16.0 Å². The molecule has 0 spiro atoms. The molecular weight excluding hydrogens is 297 g/mol. The summed E-state index contributed by atoms with van der Waals surface area (Å²) in [6.45, 7) is 1.77. The Morgan fingerprint density at radius 2 is 2.13 bits per heavy atom. The van der Waals surface area contributed by atoms with Gasteiger partial charge in [0, 0.05) is 24.0 Å². The quantitative estimate of drug-likeness (QED) is 0.802. The summed E-state index contributed by atoms with van der Waals surface area (Å²) in [5.74, 6) is -0.272. The van der Waals surface area contributed by atoms with Crippen molar-refractivity contribution in [2.45, 2.75) is 13.0 Å². The van der Waals surface area contributed by atoms with Gasteiger partial charge < -0.3 is 9.84 Å². The van der Waals surface area contributed by atoms with Gasteiger partial charge >= 0.3 is 0 Å². The topological polar surface area (TPSA) is 68.0 Å². The molecule has 1 N–H and O–H groups in total. The van der Waals surface area contributed by atoms with Crippen LogP contribution < -0.4 is 5.32 Å². The highest BCUT2D eigenvalue weighted by molar-refractivity contribution is 5.93. The van der Waals surface area contributed by atoms with Crippen molar-refractivity contribution >= 4 is 5.91 Å². The molecule has 0 aliphatic rings. The normalized spacial score (nSPS) is 11.9. The van der Waals surface area contributed by atoms with Crippen molar-refractivity contribution < 1.29 is 13.7 Å². The Hall–Kier alpha value is -3.02. The average Bonchev–Trinajstić information content (AvgIpc) is 3.06. The van der Waals surface area contributed by atoms with E-state index < -0.39 is 0 Å². The van der Waals surface area contributed by atoms with Gasteiger partial charge in [0.05, 0.1) is 6.04 Å². The zero-order valence-electron chi connectivity index (χ0n) is 12.4. The highest BCUT2D eigenvalue weighted by Gasteiger charge is 2.16. The molecule has 5 nitrogen and oxygen atoms in total. The number of pyridine rings is 1. The highest BCUT2D eigenvalue weighted by atomic mass is 19.1. The van der Waals surface area contributed by atoms with Gasteiger partial charge in [-0.1, -0.05) is 17.3 Å². The van der Waals surface area contributed by atoms with Gasteiger partial charge in [0.1, 0.15) is 5.82 Å². The third-order valence-corrected chi connectivity index (χ3v) is 3.39. The van der Waals surface area contributed by atoms with Crippen LogP contribution >= 0.6 is 0 Å². The van der Waals surface area contributed by atoms with Crippen molar-refractivity contribution in [3.05, 3.63) is 71.9 Å². The maximum atomic E-state index is 13.2. The molecule has 116 valence electrons. The fourth-order valence-electron chi connectivity index (χ4n) is 2.16. The lowest BCUT2D eigenvalue weighted by Gasteiger charge is -2.13. The number of rotatable bonds is 4. The van der Waals surface area contributed by atoms with Gasteiger partial charge in [-0.25, -0.2) is 4.39 Å². The molecule has 0 aliphatic heterocycles. The zero-order chi connectivity index (χ0) is 16.2. The third kappa shape index (κ3) is 3.42. The van der Waals surface area contributed by atoms with Crippen molar-refractivity contribution in [3.63, 3.8) is 0 Å². The Kier molecular flexibility index (Phi) is 4.14. The predicted octanol–water partition coefficient (Wildman–Crippen LogP) is 3.37. The van der Waals surface area contributed by atoms with Crippen LogP contribution in [0.15, 0.2) is 59.4 Å². The Bertz CT molecular complexity index is 817. The molecule has 1 atom stereocenters. The summed E-state index contributed by atoms with van der Waals surface area (Å²) in [6, 6.07) is 10.9. The third-order valence-electron chi connectivity index (χ3n) is 3.39. The van der Waals surface area contributed by atoms with Crippen LogP contribution in [0.5, 0.6) is 0 Å². The van der Waals surface area contributed by atoms with Crippen LogP contribution in [-0.2, 0) is 0 Å². The second-order valence-corrected chi connectivity index (χ2v) is 5.07. The first-order valence-electron chi connectivity index (χ1n) is 7.07. The SMILES string of the molecule is C[C@@H](NC(=O)c1cc(-c2cccnc2)on1)c1cccc(F)c1. The number of aromatic nitrogens is 2. The van der Waals surface area contributed by atoms with E-state index in [4.69, 9.17) is 4.52 Å². The van der Waals surface area contributed by atoms with Crippen LogP contribution in [0, 0.1) is 5.82 Å². The van der Waals surface area contributed by atoms with Crippen LogP contribution in [0.25, 0.3) is 11.3 Å². The smallest absolute Gasteiger partial charge is 0.273 e. The average molecular weight is 311 g/mol. The van der Waals surface area contributed by atoms with Gasteiger partial charge in [-0.05, 0) is 36.8 Å². The van der Waals surface area contributed by atoms with Crippen LogP contribution in [0.3, 0.4) is 0 Å². The number of carbonyl (C=O) groups excluding carboxylic acids is 1. The summed E-state index contributed by atoms with van der Waals surface area (Å²) in [5, 5.41) is 6.53. The fourth-order valence-corrected chi connectivity index (χ4v) is 2.16. The summed E-state index contributed by atoms with van der Waals surface area (Å²) < 4.78 is 18.4. The fraction of sp³-hybridized carbons (Fsp3) is 0.118. The van der Waals surface area contributed by atoms with Gasteiger partial charge in [0.25, 0.3) is 5.91 Å². The molecule has 23 heavy (non-hydrogen) atoms. The van der Waals surface area contributed by atoms with Crippen molar-refractivity contribution in [1.29, 1.82) is 0 Å². The largest absolute Gasteiger partial charge is 0.355 e. The summed E-state index contributed by atoms with van der Waals surface area (Å²) in [4.78, 5) is 16.2. The lowest BCUT2D eigenvalue weighted by atomic mass is 10.1. The van der Waals surface area contributed by atoms with E-state index in [1.54, 1.807) is 43.6 Å². The summed E-state index contributed by atoms with van der Waals surface area (Å²) in [7, 11) is 0. The molecule has 1 amide bonds. The molecule has 3 rings (SSSR count). The van der Waals surface area contributed by atoms with Gasteiger partial charge in [-0.3, -0.25) is 9.78 Å². The Balaban J connectivity index is 1.73. The van der Waals surface area contributed by atoms with Crippen LogP contribution in [0.2, 0.25) is 0 Å². The number of hydrogen-bond acceptors (Lipinski definition) is 4. The second-order valence-electron chi connectivity index (χ2n) is 5.07. The minimum absolute atomic E-state index is 0.159. The van der Waals surface area contributed by atoms with Crippen molar-refractivity contribution in [3.8, 4) is 11.3 Å². The summed E-state index contributed by atoms with van der Waals surface area (Å²) in [5.41, 5.74) is 1.57. The highest BCUT2D eigenvalue weighted by Crippen LogP contribution is 2.20. The van der Waals surface area contributed by atoms with E-state index in [0.29, 0.717) is 11.3 Å². The maximum absolute atomic E-state index is 13.2. The van der Waals surface area contributed by atoms with Crippen LogP contribution in [0.1, 0.15) is 29.0 Å². The Labute approximate surface area is 132 Å². The van der Waals surface area contributed by atoms with Crippen molar-refractivity contribution in [2.75, 3.05) is 0 Å². The molecule has 0 aliphatic carbocycles. The summed E-state index contributed by atoms with van der Waals surface area (Å²) >= 11 is 0. The second kappa shape index (κ2) is 6.39. The molecule has 1 aromatic carbocycles. The van der Waals surface area contributed by atoms with E-state index in [1.807, 2.05) is 6.07 Å². The summed E-state index contributed by atoms with van der Waals surface area (Å²) in [6.07, 6.45) is 3.27. The van der Waals surface area contributed by atoms with Gasteiger partial charge in [0.15, 0.2) is 11.5 Å². The van der Waals surface area contributed by atoms with Gasteiger partial charge in [-0.2, -0.15) is 0 Å². The molecule has 0 saturated carbocycles. The standard InChI is InChI=1S/C17H14FN3O2/c1-11(12-4-2-6-14(18)8-12)20-17(22)15-9-16(23-21-15)13-5-3-7-19-10-13/h2-11H,1H3,(H,20,22)/t11-/m1/s1. The minimum atomic E-state index is -0.388. The number of halogens is 1. The van der Waals surface area contributed by atoms with Crippen molar-refractivity contribution in [2.24, 2.45) is 0 Å². The lowest BCUT2D eigenvalue weighted by molar-refractivity contribution is 0.0930. The van der Waals surface area contributed by atoms with E-state index >= 15 is 0 Å². The predicted molar refractivity (Wildman–Crippen MR) is 82.0 cm³/mol. The first kappa shape index (κ1) is 14.9. The molecule has 0 fully saturated rings. The Morgan fingerprint density at radius 1 is 1.26 bits per heavy atom. The molecule has 6 heteroatoms. The minimum Gasteiger partial charge on any atom is -0.355 e. The van der Waals surface area contributed by atoms with E-state index in [2.05, 4.69) is 15.5 Å². The van der Waals surface area contributed by atoms with Gasteiger partial charge in [-0.15, -0.1) is 0 Å². The van der Waals surface area contributed by atoms with E-state index in [9.17, 15) is 9.18 Å². The molecular formula is C17H14FN3O2. The number of nitrogens with one attached hydrogen (secondary N) is 1. The van der Waals surface area contributed by atoms with E-state index in [-0.39, 0.29) is 23.5 Å². The number of benzene rings is 1. The monoisotopic (exact) mass is 311 g/mol. The molecule has 2 heterocycles. The lowest BCUT2D eigenvalue weighted by Crippen LogP contribution is -2.26. The Morgan fingerprint density at radius 3 is 2.87 bits per heavy atom. The van der Waals surface area contributed by atoms with Crippen LogP contribution in [0.4, 0.5) is 4.39 Å². The molecule has 0 unspecified atom stereocenters. The molecule has 0 saturated heterocycles. The number of carbonyl (C=O) groups is 1.